The van der Waals surface area contributed by atoms with E-state index in [0.29, 0.717) is 11.6 Å². The highest BCUT2D eigenvalue weighted by atomic mass is 19.1. The highest BCUT2D eigenvalue weighted by Gasteiger charge is 2.16. The standard InChI is InChI=1S/C24H28FN5O2/c1-5-30(6-2)22-15-16(3)26-24(29-22)28-19-13-11-18(12-14-19)27-23(31)17(4)32-21-10-8-7-9-20(21)25/h7-15,17H,5-6H2,1-4H3,(H,27,31)(H,26,28,29)/t17-/m0/s1. The van der Waals surface area contributed by atoms with Gasteiger partial charge in [0.25, 0.3) is 5.91 Å². The van der Waals surface area contributed by atoms with Gasteiger partial charge in [-0.05, 0) is 64.1 Å². The molecule has 0 unspecified atom stereocenters. The number of nitrogens with one attached hydrogen (secondary N) is 2. The molecule has 0 saturated carbocycles. The van der Waals surface area contributed by atoms with Gasteiger partial charge >= 0.3 is 0 Å². The summed E-state index contributed by atoms with van der Waals surface area (Å²) in [7, 11) is 0. The van der Waals surface area contributed by atoms with Crippen molar-refractivity contribution in [3.05, 3.63) is 66.1 Å². The number of halogens is 1. The van der Waals surface area contributed by atoms with Crippen molar-refractivity contribution in [3.63, 3.8) is 0 Å². The number of aryl methyl sites for hydroxylation is 1. The fourth-order valence-electron chi connectivity index (χ4n) is 3.11. The smallest absolute Gasteiger partial charge is 0.265 e. The van der Waals surface area contributed by atoms with Crippen LogP contribution < -0.4 is 20.3 Å². The van der Waals surface area contributed by atoms with Crippen molar-refractivity contribution in [1.29, 1.82) is 0 Å². The normalized spacial score (nSPS) is 11.5. The van der Waals surface area contributed by atoms with Crippen LogP contribution in [0.15, 0.2) is 54.6 Å². The van der Waals surface area contributed by atoms with Gasteiger partial charge in [-0.2, -0.15) is 4.98 Å². The van der Waals surface area contributed by atoms with E-state index in [4.69, 9.17) is 4.74 Å². The molecule has 0 spiro atoms. The average Bonchev–Trinajstić information content (AvgIpc) is 2.77. The summed E-state index contributed by atoms with van der Waals surface area (Å²) in [5.41, 5.74) is 2.25. The van der Waals surface area contributed by atoms with Gasteiger partial charge in [-0.3, -0.25) is 4.79 Å². The molecule has 1 atom stereocenters. The van der Waals surface area contributed by atoms with Crippen LogP contribution in [0.2, 0.25) is 0 Å². The average molecular weight is 438 g/mol. The van der Waals surface area contributed by atoms with E-state index in [1.807, 2.05) is 25.1 Å². The van der Waals surface area contributed by atoms with Gasteiger partial charge in [0.05, 0.1) is 0 Å². The van der Waals surface area contributed by atoms with E-state index in [9.17, 15) is 9.18 Å². The van der Waals surface area contributed by atoms with Crippen LogP contribution in [0, 0.1) is 12.7 Å². The molecule has 3 rings (SSSR count). The number of aromatic nitrogens is 2. The van der Waals surface area contributed by atoms with Crippen molar-refractivity contribution in [2.24, 2.45) is 0 Å². The number of rotatable bonds is 9. The molecular weight excluding hydrogens is 409 g/mol. The maximum Gasteiger partial charge on any atom is 0.265 e. The first-order valence-electron chi connectivity index (χ1n) is 10.6. The molecule has 0 saturated heterocycles. The molecule has 3 aromatic rings. The van der Waals surface area contributed by atoms with Gasteiger partial charge < -0.3 is 20.3 Å². The molecule has 0 fully saturated rings. The Kier molecular flexibility index (Phi) is 7.59. The van der Waals surface area contributed by atoms with E-state index < -0.39 is 11.9 Å². The third kappa shape index (κ3) is 5.94. The van der Waals surface area contributed by atoms with E-state index in [-0.39, 0.29) is 11.7 Å². The summed E-state index contributed by atoms with van der Waals surface area (Å²) in [5, 5.41) is 5.97. The minimum atomic E-state index is -0.858. The van der Waals surface area contributed by atoms with Crippen molar-refractivity contribution in [2.75, 3.05) is 28.6 Å². The number of carbonyl (C=O) groups excluding carboxylic acids is 1. The molecule has 32 heavy (non-hydrogen) atoms. The zero-order valence-corrected chi connectivity index (χ0v) is 18.7. The first kappa shape index (κ1) is 23.0. The van der Waals surface area contributed by atoms with E-state index in [1.165, 1.54) is 12.1 Å². The molecule has 1 heterocycles. The SMILES string of the molecule is CCN(CC)c1cc(C)nc(Nc2ccc(NC(=O)[C@H](C)Oc3ccccc3F)cc2)n1. The van der Waals surface area contributed by atoms with Crippen LogP contribution in [0.25, 0.3) is 0 Å². The zero-order chi connectivity index (χ0) is 23.1. The molecule has 1 amide bonds. The molecule has 0 aliphatic rings. The fraction of sp³-hybridized carbons (Fsp3) is 0.292. The maximum absolute atomic E-state index is 13.7. The third-order valence-electron chi connectivity index (χ3n) is 4.85. The first-order valence-corrected chi connectivity index (χ1v) is 10.6. The Morgan fingerprint density at radius 3 is 2.38 bits per heavy atom. The number of hydrogen-bond acceptors (Lipinski definition) is 6. The topological polar surface area (TPSA) is 79.4 Å². The van der Waals surface area contributed by atoms with E-state index in [1.54, 1.807) is 31.2 Å². The maximum atomic E-state index is 13.7. The number of carbonyl (C=O) groups is 1. The lowest BCUT2D eigenvalue weighted by Crippen LogP contribution is -2.30. The number of anilines is 4. The molecule has 0 aliphatic heterocycles. The van der Waals surface area contributed by atoms with Gasteiger partial charge in [0.15, 0.2) is 17.7 Å². The molecule has 7 nitrogen and oxygen atoms in total. The monoisotopic (exact) mass is 437 g/mol. The summed E-state index contributed by atoms with van der Waals surface area (Å²) in [6.45, 7) is 9.40. The van der Waals surface area contributed by atoms with Crippen molar-refractivity contribution in [3.8, 4) is 5.75 Å². The Balaban J connectivity index is 1.63. The van der Waals surface area contributed by atoms with Crippen molar-refractivity contribution in [2.45, 2.75) is 33.8 Å². The summed E-state index contributed by atoms with van der Waals surface area (Å²) in [6.07, 6.45) is -0.858. The van der Waals surface area contributed by atoms with Crippen LogP contribution in [-0.4, -0.2) is 35.1 Å². The molecule has 2 N–H and O–H groups in total. The number of ether oxygens (including phenoxy) is 1. The number of amides is 1. The molecule has 0 aliphatic carbocycles. The number of para-hydroxylation sites is 1. The third-order valence-corrected chi connectivity index (χ3v) is 4.85. The van der Waals surface area contributed by atoms with Crippen molar-refractivity contribution >= 4 is 29.0 Å². The molecular formula is C24H28FN5O2. The van der Waals surface area contributed by atoms with Crippen LogP contribution in [0.3, 0.4) is 0 Å². The van der Waals surface area contributed by atoms with Crippen LogP contribution in [0.4, 0.5) is 27.5 Å². The Morgan fingerprint density at radius 2 is 1.72 bits per heavy atom. The Bertz CT molecular complexity index is 1050. The molecule has 1 aromatic heterocycles. The van der Waals surface area contributed by atoms with Gasteiger partial charge in [-0.15, -0.1) is 0 Å². The second-order valence-corrected chi connectivity index (χ2v) is 7.25. The van der Waals surface area contributed by atoms with Crippen LogP contribution in [-0.2, 0) is 4.79 Å². The quantitative estimate of drug-likeness (QED) is 0.495. The van der Waals surface area contributed by atoms with Crippen molar-refractivity contribution in [1.82, 2.24) is 9.97 Å². The largest absolute Gasteiger partial charge is 0.478 e. The van der Waals surface area contributed by atoms with E-state index in [0.717, 1.165) is 30.3 Å². The van der Waals surface area contributed by atoms with Crippen LogP contribution in [0.1, 0.15) is 26.5 Å². The van der Waals surface area contributed by atoms with E-state index in [2.05, 4.69) is 39.3 Å². The fourth-order valence-corrected chi connectivity index (χ4v) is 3.11. The summed E-state index contributed by atoms with van der Waals surface area (Å²) < 4.78 is 19.1. The van der Waals surface area contributed by atoms with Gasteiger partial charge in [0, 0.05) is 36.2 Å². The van der Waals surface area contributed by atoms with Gasteiger partial charge in [-0.1, -0.05) is 12.1 Å². The molecule has 168 valence electrons. The lowest BCUT2D eigenvalue weighted by Gasteiger charge is -2.20. The summed E-state index contributed by atoms with van der Waals surface area (Å²) in [5.74, 6) is 0.537. The summed E-state index contributed by atoms with van der Waals surface area (Å²) >= 11 is 0. The van der Waals surface area contributed by atoms with Crippen LogP contribution in [0.5, 0.6) is 5.75 Å². The Labute approximate surface area is 187 Å². The molecule has 2 aromatic carbocycles. The second kappa shape index (κ2) is 10.6. The van der Waals surface area contributed by atoms with Crippen molar-refractivity contribution < 1.29 is 13.9 Å². The minimum Gasteiger partial charge on any atom is -0.478 e. The first-order chi connectivity index (χ1) is 15.4. The van der Waals surface area contributed by atoms with Gasteiger partial charge in [0.2, 0.25) is 5.95 Å². The second-order valence-electron chi connectivity index (χ2n) is 7.25. The predicted molar refractivity (Wildman–Crippen MR) is 125 cm³/mol. The number of benzene rings is 2. The Morgan fingerprint density at radius 1 is 1.06 bits per heavy atom. The molecule has 0 bridgehead atoms. The summed E-state index contributed by atoms with van der Waals surface area (Å²) in [4.78, 5) is 23.6. The van der Waals surface area contributed by atoms with Crippen LogP contribution >= 0.6 is 0 Å². The highest BCUT2D eigenvalue weighted by molar-refractivity contribution is 5.94. The van der Waals surface area contributed by atoms with Gasteiger partial charge in [-0.25, -0.2) is 9.37 Å². The lowest BCUT2D eigenvalue weighted by molar-refractivity contribution is -0.122. The highest BCUT2D eigenvalue weighted by Crippen LogP contribution is 2.21. The molecule has 0 radical (unpaired) electrons. The molecule has 8 heteroatoms. The van der Waals surface area contributed by atoms with E-state index >= 15 is 0 Å². The number of hydrogen-bond donors (Lipinski definition) is 2. The predicted octanol–water partition coefficient (Wildman–Crippen LogP) is 4.92. The minimum absolute atomic E-state index is 0.0388. The zero-order valence-electron chi connectivity index (χ0n) is 18.7. The lowest BCUT2D eigenvalue weighted by atomic mass is 10.2. The van der Waals surface area contributed by atoms with Gasteiger partial charge in [0.1, 0.15) is 5.82 Å². The number of nitrogens with zero attached hydrogens (tertiary/aromatic N) is 3. The Hall–Kier alpha value is -3.68. The summed E-state index contributed by atoms with van der Waals surface area (Å²) in [6, 6.07) is 15.1.